The van der Waals surface area contributed by atoms with E-state index in [0.717, 1.165) is 56.3 Å². The first-order valence-corrected chi connectivity index (χ1v) is 14.1. The second-order valence-corrected chi connectivity index (χ2v) is 10.3. The normalized spacial score (nSPS) is 14.0. The van der Waals surface area contributed by atoms with E-state index in [1.54, 1.807) is 11.0 Å². The van der Waals surface area contributed by atoms with Crippen molar-refractivity contribution in [1.82, 2.24) is 14.4 Å². The molecule has 2 aromatic carbocycles. The molecule has 1 aliphatic carbocycles. The predicted molar refractivity (Wildman–Crippen MR) is 154 cm³/mol. The van der Waals surface area contributed by atoms with Gasteiger partial charge >= 0.3 is 0 Å². The first-order chi connectivity index (χ1) is 18.6. The van der Waals surface area contributed by atoms with Crippen LogP contribution in [0.1, 0.15) is 68.7 Å². The van der Waals surface area contributed by atoms with E-state index in [0.29, 0.717) is 13.1 Å². The second-order valence-electron chi connectivity index (χ2n) is 10.3. The maximum absolute atomic E-state index is 13.9. The molecule has 1 heterocycles. The number of aromatic nitrogens is 1. The number of benzene rings is 2. The molecule has 1 aliphatic rings. The van der Waals surface area contributed by atoms with Crippen molar-refractivity contribution >= 4 is 17.9 Å². The molecule has 0 radical (unpaired) electrons. The number of amides is 2. The van der Waals surface area contributed by atoms with Crippen LogP contribution in [-0.2, 0) is 22.7 Å². The quantitative estimate of drug-likeness (QED) is 0.259. The van der Waals surface area contributed by atoms with Crippen LogP contribution >= 0.6 is 0 Å². The minimum Gasteiger partial charge on any atom is -0.345 e. The van der Waals surface area contributed by atoms with Gasteiger partial charge in [-0.3, -0.25) is 9.59 Å². The average molecular weight is 512 g/mol. The van der Waals surface area contributed by atoms with E-state index >= 15 is 0 Å². The van der Waals surface area contributed by atoms with Gasteiger partial charge in [-0.05, 0) is 48.6 Å². The Morgan fingerprint density at radius 3 is 2.34 bits per heavy atom. The number of rotatable bonds is 12. The van der Waals surface area contributed by atoms with E-state index in [9.17, 15) is 9.59 Å². The molecule has 0 N–H and O–H groups in total. The molecule has 1 saturated carbocycles. The summed E-state index contributed by atoms with van der Waals surface area (Å²) in [5, 5.41) is 0. The van der Waals surface area contributed by atoms with Crippen molar-refractivity contribution in [1.29, 1.82) is 0 Å². The Morgan fingerprint density at radius 2 is 1.63 bits per heavy atom. The molecule has 0 saturated heterocycles. The van der Waals surface area contributed by atoms with Gasteiger partial charge in [0.25, 0.3) is 0 Å². The summed E-state index contributed by atoms with van der Waals surface area (Å²) < 4.78 is 2.24. The first kappa shape index (κ1) is 27.4. The minimum absolute atomic E-state index is 0.0434. The molecule has 38 heavy (non-hydrogen) atoms. The molecule has 0 atom stereocenters. The van der Waals surface area contributed by atoms with Crippen LogP contribution in [0.4, 0.5) is 0 Å². The van der Waals surface area contributed by atoms with Crippen molar-refractivity contribution in [3.63, 3.8) is 0 Å². The van der Waals surface area contributed by atoms with Crippen molar-refractivity contribution in [2.24, 2.45) is 0 Å². The minimum atomic E-state index is -0.105. The summed E-state index contributed by atoms with van der Waals surface area (Å²) in [6, 6.07) is 24.6. The summed E-state index contributed by atoms with van der Waals surface area (Å²) in [5.74, 6) is -0.0615. The Morgan fingerprint density at radius 1 is 0.921 bits per heavy atom. The van der Waals surface area contributed by atoms with Crippen LogP contribution in [0, 0.1) is 0 Å². The number of carbonyl (C=O) groups is 2. The van der Waals surface area contributed by atoms with E-state index in [4.69, 9.17) is 0 Å². The molecule has 3 aromatic rings. The number of hydrogen-bond donors (Lipinski definition) is 0. The topological polar surface area (TPSA) is 45.6 Å². The highest BCUT2D eigenvalue weighted by molar-refractivity contribution is 5.94. The third-order valence-corrected chi connectivity index (χ3v) is 7.42. The lowest BCUT2D eigenvalue weighted by Crippen LogP contribution is -2.47. The van der Waals surface area contributed by atoms with E-state index in [2.05, 4.69) is 59.0 Å². The van der Waals surface area contributed by atoms with Crippen LogP contribution in [0.2, 0.25) is 0 Å². The molecule has 0 unspecified atom stereocenters. The van der Waals surface area contributed by atoms with Gasteiger partial charge in [-0.25, -0.2) is 0 Å². The molecule has 4 rings (SSSR count). The predicted octanol–water partition coefficient (Wildman–Crippen LogP) is 6.54. The highest BCUT2D eigenvalue weighted by atomic mass is 16.2. The van der Waals surface area contributed by atoms with Crippen LogP contribution in [0.15, 0.2) is 85.1 Å². The van der Waals surface area contributed by atoms with E-state index in [1.807, 2.05) is 42.5 Å². The van der Waals surface area contributed by atoms with Crippen LogP contribution in [-0.4, -0.2) is 45.3 Å². The highest BCUT2D eigenvalue weighted by Crippen LogP contribution is 2.25. The van der Waals surface area contributed by atoms with Gasteiger partial charge in [0.05, 0.1) is 6.54 Å². The second kappa shape index (κ2) is 14.4. The Hall–Kier alpha value is -3.60. The maximum atomic E-state index is 13.9. The van der Waals surface area contributed by atoms with Crippen LogP contribution < -0.4 is 0 Å². The Bertz CT molecular complexity index is 1160. The fourth-order valence-electron chi connectivity index (χ4n) is 5.22. The van der Waals surface area contributed by atoms with E-state index in [-0.39, 0.29) is 24.4 Å². The number of unbranched alkanes of at least 4 members (excludes halogenated alkanes) is 1. The van der Waals surface area contributed by atoms with Crippen molar-refractivity contribution in [3.8, 4) is 0 Å². The van der Waals surface area contributed by atoms with Crippen molar-refractivity contribution in [2.75, 3.05) is 13.1 Å². The molecule has 1 aromatic heterocycles. The van der Waals surface area contributed by atoms with E-state index in [1.165, 1.54) is 12.0 Å². The molecule has 5 heteroatoms. The fraction of sp³-hybridized carbons (Fsp3) is 0.394. The zero-order valence-electron chi connectivity index (χ0n) is 22.7. The Balaban J connectivity index is 1.50. The van der Waals surface area contributed by atoms with Gasteiger partial charge in [-0.1, -0.05) is 93.3 Å². The van der Waals surface area contributed by atoms with Gasteiger partial charge in [0.15, 0.2) is 0 Å². The Kier molecular flexibility index (Phi) is 10.4. The van der Waals surface area contributed by atoms with Crippen molar-refractivity contribution in [2.45, 2.75) is 71.0 Å². The number of nitrogens with zero attached hydrogens (tertiary/aromatic N) is 3. The summed E-state index contributed by atoms with van der Waals surface area (Å²) >= 11 is 0. The largest absolute Gasteiger partial charge is 0.345 e. The lowest BCUT2D eigenvalue weighted by Gasteiger charge is -2.36. The summed E-state index contributed by atoms with van der Waals surface area (Å²) in [4.78, 5) is 30.9. The SMILES string of the molecule is CCCCN(CC(=O)N(Cc1cccn1Cc1ccccc1)C1CCCCC1)C(=O)C=Cc1ccccc1. The van der Waals surface area contributed by atoms with Gasteiger partial charge in [-0.2, -0.15) is 0 Å². The lowest BCUT2D eigenvalue weighted by molar-refractivity contribution is -0.141. The molecule has 0 spiro atoms. The zero-order valence-corrected chi connectivity index (χ0v) is 22.7. The summed E-state index contributed by atoms with van der Waals surface area (Å²) in [5.41, 5.74) is 3.34. The zero-order chi connectivity index (χ0) is 26.6. The smallest absolute Gasteiger partial charge is 0.247 e. The third-order valence-electron chi connectivity index (χ3n) is 7.42. The molecule has 2 amide bonds. The van der Waals surface area contributed by atoms with Gasteiger partial charge in [0.2, 0.25) is 11.8 Å². The summed E-state index contributed by atoms with van der Waals surface area (Å²) in [6.45, 7) is 4.16. The molecule has 1 fully saturated rings. The molecule has 0 bridgehead atoms. The highest BCUT2D eigenvalue weighted by Gasteiger charge is 2.28. The summed E-state index contributed by atoms with van der Waals surface area (Å²) in [7, 11) is 0. The Labute approximate surface area is 227 Å². The monoisotopic (exact) mass is 511 g/mol. The van der Waals surface area contributed by atoms with Crippen LogP contribution in [0.5, 0.6) is 0 Å². The summed E-state index contributed by atoms with van der Waals surface area (Å²) in [6.07, 6.45) is 13.0. The number of carbonyl (C=O) groups excluding carboxylic acids is 2. The van der Waals surface area contributed by atoms with Gasteiger partial charge in [0.1, 0.15) is 6.54 Å². The van der Waals surface area contributed by atoms with Crippen LogP contribution in [0.25, 0.3) is 6.08 Å². The van der Waals surface area contributed by atoms with Crippen molar-refractivity contribution in [3.05, 3.63) is 102 Å². The van der Waals surface area contributed by atoms with E-state index < -0.39 is 0 Å². The molecular weight excluding hydrogens is 470 g/mol. The average Bonchev–Trinajstić information content (AvgIpc) is 3.40. The van der Waals surface area contributed by atoms with Crippen molar-refractivity contribution < 1.29 is 9.59 Å². The number of hydrogen-bond acceptors (Lipinski definition) is 2. The molecule has 5 nitrogen and oxygen atoms in total. The van der Waals surface area contributed by atoms with Gasteiger partial charge in [-0.15, -0.1) is 0 Å². The standard InChI is InChI=1S/C33H41N3O2/c1-2-3-23-35(32(37)22-21-28-14-7-4-8-15-28)27-33(38)36(30-18-11-6-12-19-30)26-31-20-13-24-34(31)25-29-16-9-5-10-17-29/h4-5,7-10,13-17,20-22,24,30H,2-3,6,11-12,18-19,23,25-27H2,1H3. The lowest BCUT2D eigenvalue weighted by atomic mass is 9.94. The molecule has 0 aliphatic heterocycles. The van der Waals surface area contributed by atoms with Gasteiger partial charge < -0.3 is 14.4 Å². The first-order valence-electron chi connectivity index (χ1n) is 14.1. The molecule has 200 valence electrons. The third kappa shape index (κ3) is 7.95. The fourth-order valence-corrected chi connectivity index (χ4v) is 5.22. The maximum Gasteiger partial charge on any atom is 0.247 e. The molecular formula is C33H41N3O2. The van der Waals surface area contributed by atoms with Gasteiger partial charge in [0, 0.05) is 37.1 Å². The van der Waals surface area contributed by atoms with Crippen LogP contribution in [0.3, 0.4) is 0 Å².